The van der Waals surface area contributed by atoms with Crippen LogP contribution in [0.4, 0.5) is 57.0 Å². The minimum Gasteiger partial charge on any atom is -0.480 e. The molecule has 9 heterocycles. The number of hydrogen-bond donors (Lipinski definition) is 5. The number of carbonyl (C=O) groups excluding carboxylic acids is 3. The number of likely N-dealkylation sites (tertiary alicyclic amines) is 1. The summed E-state index contributed by atoms with van der Waals surface area (Å²) < 4.78 is 69.1. The van der Waals surface area contributed by atoms with E-state index in [1.165, 1.54) is 10.8 Å². The first-order valence-corrected chi connectivity index (χ1v) is 30.5. The molecule has 5 aromatic rings. The Kier molecular flexibility index (Phi) is 16.7. The Morgan fingerprint density at radius 2 is 1.72 bits per heavy atom. The van der Waals surface area contributed by atoms with Crippen molar-refractivity contribution in [3.05, 3.63) is 86.1 Å². The molecule has 1 atom stereocenters. The molecular formula is C60H74ClF4N16O5+. The van der Waals surface area contributed by atoms with Gasteiger partial charge >= 0.3 is 12.0 Å². The highest BCUT2D eigenvalue weighted by atomic mass is 35.5. The molecule has 6 aliphatic heterocycles. The van der Waals surface area contributed by atoms with Crippen LogP contribution in [0.5, 0.6) is 5.75 Å². The Balaban J connectivity index is 0.630. The van der Waals surface area contributed by atoms with Crippen molar-refractivity contribution < 1.29 is 42.0 Å². The molecule has 4 fully saturated rings. The summed E-state index contributed by atoms with van der Waals surface area (Å²) in [5, 5.41) is 24.8. The second kappa shape index (κ2) is 24.3. The minimum absolute atomic E-state index is 0.000168. The number of rotatable bonds is 14. The summed E-state index contributed by atoms with van der Waals surface area (Å²) >= 11 is 6.65. The van der Waals surface area contributed by atoms with Crippen molar-refractivity contribution in [2.24, 2.45) is 18.9 Å². The summed E-state index contributed by atoms with van der Waals surface area (Å²) in [5.41, 5.74) is 4.95. The number of nitrogens with two attached hydrogens (primary N) is 1. The molecule has 2 aromatic carbocycles. The summed E-state index contributed by atoms with van der Waals surface area (Å²) in [6.07, 6.45) is 7.91. The van der Waals surface area contributed by atoms with E-state index in [2.05, 4.69) is 30.5 Å². The van der Waals surface area contributed by atoms with Gasteiger partial charge in [-0.1, -0.05) is 11.6 Å². The van der Waals surface area contributed by atoms with Gasteiger partial charge in [-0.2, -0.15) is 10.1 Å². The maximum atomic E-state index is 15.3. The standard InChI is InChI=1S/C60H73ClF4N16O5/c1-67-31-38(30-66)41-27-37-5-4-16-80(48(37)29-42(41)53(62)63)55-44-33-79(59(85)68-2)22-14-47(44)81(73-55)40-12-20-76(21-13-40)49(82)15-17-75-23-25-77(26-24-75)56(83)36-10-18-78(19-11-36)58-69-32-45(61)54(72-58)70-39-8-9-46-43(28-39)50-51(57(84)74(46)3)86-34-60(64,65)52(71-50)35-6-7-35/h8-9,27-32,35-36,40,52-53,66-67,71H,4-7,10-26,33-34H2,1-3H3,(H,68,85)(H,69,70,72)/p+1/b38-31+,66-30?/t52-/m0/s1. The zero-order chi connectivity index (χ0) is 60.1. The zero-order valence-corrected chi connectivity index (χ0v) is 49.5. The highest BCUT2D eigenvalue weighted by molar-refractivity contribution is 6.33. The van der Waals surface area contributed by atoms with Crippen LogP contribution in [0, 0.1) is 17.2 Å². The maximum Gasteiger partial charge on any atom is 0.317 e. The second-order valence-electron chi connectivity index (χ2n) is 23.7. The predicted molar refractivity (Wildman–Crippen MR) is 320 cm³/mol. The molecule has 0 bridgehead atoms. The van der Waals surface area contributed by atoms with Gasteiger partial charge in [0, 0.05) is 145 Å². The van der Waals surface area contributed by atoms with Gasteiger partial charge in [0.2, 0.25) is 23.5 Å². The predicted octanol–water partition coefficient (Wildman–Crippen LogP) is 6.66. The van der Waals surface area contributed by atoms with Crippen LogP contribution in [0.2, 0.25) is 5.02 Å². The number of urea groups is 1. The molecule has 0 spiro atoms. The third-order valence-corrected chi connectivity index (χ3v) is 18.7. The van der Waals surface area contributed by atoms with Crippen molar-refractivity contribution in [3.8, 4) is 5.75 Å². The topological polar surface area (TPSA) is 222 Å². The molecular weight excluding hydrogens is 1140 g/mol. The molecule has 21 nitrogen and oxygen atoms in total. The first kappa shape index (κ1) is 58.9. The largest absolute Gasteiger partial charge is 0.480 e. The lowest BCUT2D eigenvalue weighted by atomic mass is 9.92. The molecule has 458 valence electrons. The number of aryl methyl sites for hydroxylation is 2. The Morgan fingerprint density at radius 1 is 0.953 bits per heavy atom. The number of ether oxygens (including phenoxy) is 1. The zero-order valence-electron chi connectivity index (χ0n) is 48.7. The van der Waals surface area contributed by atoms with Gasteiger partial charge in [0.15, 0.2) is 18.2 Å². The number of halogens is 5. The lowest BCUT2D eigenvalue weighted by Crippen LogP contribution is -2.72. The fraction of sp³-hybridized carbons (Fsp3) is 0.533. The van der Waals surface area contributed by atoms with Crippen LogP contribution in [0.1, 0.15) is 91.8 Å². The number of hydrogen-bond acceptors (Lipinski definition) is 14. The van der Waals surface area contributed by atoms with Crippen molar-refractivity contribution in [3.63, 3.8) is 0 Å². The van der Waals surface area contributed by atoms with E-state index in [1.807, 2.05) is 19.6 Å². The fourth-order valence-electron chi connectivity index (χ4n) is 13.5. The summed E-state index contributed by atoms with van der Waals surface area (Å²) in [5.74, 6) is -2.02. The van der Waals surface area contributed by atoms with Gasteiger partial charge < -0.3 is 60.5 Å². The number of nitrogens with one attached hydrogen (secondary N) is 4. The number of carbonyl (C=O) groups is 3. The summed E-state index contributed by atoms with van der Waals surface area (Å²) in [6.45, 7) is 5.83. The quantitative estimate of drug-likeness (QED) is 0.0581. The molecule has 12 rings (SSSR count). The highest BCUT2D eigenvalue weighted by Crippen LogP contribution is 2.47. The van der Waals surface area contributed by atoms with Crippen LogP contribution in [-0.4, -0.2) is 173 Å². The smallest absolute Gasteiger partial charge is 0.317 e. The lowest BCUT2D eigenvalue weighted by Gasteiger charge is -2.39. The molecule has 7 aliphatic rings. The maximum absolute atomic E-state index is 15.3. The van der Waals surface area contributed by atoms with Crippen molar-refractivity contribution in [2.75, 3.05) is 113 Å². The number of nitrogens with zero attached hydrogens (tertiary/aromatic N) is 11. The highest BCUT2D eigenvalue weighted by Gasteiger charge is 2.51. The summed E-state index contributed by atoms with van der Waals surface area (Å²) in [6, 6.07) is 7.27. The SMILES string of the molecule is CNC(=O)N1CCc2c(c(N3CCCc4cc(/C(C=N)=C/[NH2+]C)c(C(F)F)cc43)nn2C2CCN(C(=O)CCN3CCN(C(=O)C4CCN(c5ncc(Cl)c(Nc6ccc7c(c6)c6c(c(=O)n7C)OCC(F)(F)[C@H](C7CC7)N6)n5)CC4)CC3)CC2)C1. The average molecular weight is 1210 g/mol. The Morgan fingerprint density at radius 3 is 2.43 bits per heavy atom. The Hall–Kier alpha value is -7.51. The Bertz CT molecular complexity index is 3530. The number of fused-ring (bicyclic) bond motifs is 5. The fourth-order valence-corrected chi connectivity index (χ4v) is 13.7. The molecule has 1 aliphatic carbocycles. The van der Waals surface area contributed by atoms with E-state index in [-0.39, 0.29) is 57.7 Å². The number of anilines is 6. The molecule has 26 heteroatoms. The van der Waals surface area contributed by atoms with Crippen LogP contribution in [-0.2, 0) is 36.0 Å². The third kappa shape index (κ3) is 11.5. The minimum atomic E-state index is -3.17. The molecule has 4 amide bonds. The Labute approximate surface area is 500 Å². The molecule has 6 N–H and O–H groups in total. The van der Waals surface area contributed by atoms with Crippen LogP contribution in [0.25, 0.3) is 16.5 Å². The first-order chi connectivity index (χ1) is 41.5. The van der Waals surface area contributed by atoms with Crippen molar-refractivity contribution >= 4 is 86.8 Å². The van der Waals surface area contributed by atoms with Gasteiger partial charge in [0.1, 0.15) is 11.2 Å². The van der Waals surface area contributed by atoms with Crippen molar-refractivity contribution in [1.29, 1.82) is 5.41 Å². The van der Waals surface area contributed by atoms with E-state index in [4.69, 9.17) is 31.8 Å². The van der Waals surface area contributed by atoms with E-state index >= 15 is 8.78 Å². The molecule has 1 saturated carbocycles. The summed E-state index contributed by atoms with van der Waals surface area (Å²) in [4.78, 5) is 75.3. The van der Waals surface area contributed by atoms with Crippen LogP contribution < -0.4 is 41.4 Å². The molecule has 3 saturated heterocycles. The van der Waals surface area contributed by atoms with E-state index in [9.17, 15) is 28.0 Å². The van der Waals surface area contributed by atoms with Gasteiger partial charge in [-0.25, -0.2) is 27.3 Å². The average Bonchev–Trinajstić information content (AvgIpc) is 2.07. The van der Waals surface area contributed by atoms with E-state index in [0.29, 0.717) is 187 Å². The first-order valence-electron chi connectivity index (χ1n) is 30.1. The number of quaternary nitrogens is 1. The molecule has 3 aromatic heterocycles. The number of piperazine rings is 1. The van der Waals surface area contributed by atoms with Gasteiger partial charge in [-0.15, -0.1) is 0 Å². The molecule has 0 radical (unpaired) electrons. The lowest BCUT2D eigenvalue weighted by molar-refractivity contribution is -0.555. The van der Waals surface area contributed by atoms with E-state index in [1.54, 1.807) is 67.9 Å². The van der Waals surface area contributed by atoms with Crippen molar-refractivity contribution in [2.45, 2.75) is 95.2 Å². The van der Waals surface area contributed by atoms with E-state index < -0.39 is 30.6 Å². The number of alkyl halides is 4. The van der Waals surface area contributed by atoms with Crippen LogP contribution >= 0.6 is 11.6 Å². The van der Waals surface area contributed by atoms with Crippen LogP contribution in [0.15, 0.2) is 47.5 Å². The van der Waals surface area contributed by atoms with Gasteiger partial charge in [-0.05, 0) is 98.7 Å². The normalized spacial score (nSPS) is 20.5. The summed E-state index contributed by atoms with van der Waals surface area (Å²) in [7, 11) is 4.98. The monoisotopic (exact) mass is 1210 g/mol. The van der Waals surface area contributed by atoms with Gasteiger partial charge in [-0.3, -0.25) is 24.0 Å². The number of allylic oxidation sites excluding steroid dienone is 1. The van der Waals surface area contributed by atoms with E-state index in [0.717, 1.165) is 29.5 Å². The number of benzene rings is 2. The number of aromatic nitrogens is 5. The number of amides is 4. The third-order valence-electron chi connectivity index (χ3n) is 18.5. The number of pyridine rings is 1. The number of piperidine rings is 2. The van der Waals surface area contributed by atoms with Gasteiger partial charge in [0.25, 0.3) is 12.0 Å². The van der Waals surface area contributed by atoms with Gasteiger partial charge in [0.05, 0.1) is 48.7 Å². The second-order valence-corrected chi connectivity index (χ2v) is 24.1. The molecule has 86 heavy (non-hydrogen) atoms. The van der Waals surface area contributed by atoms with Crippen LogP contribution in [0.3, 0.4) is 0 Å². The van der Waals surface area contributed by atoms with Crippen molar-refractivity contribution in [1.82, 2.24) is 49.2 Å². The molecule has 0 unspecified atom stereocenters.